The maximum Gasteiger partial charge on any atom is 0.233 e. The summed E-state index contributed by atoms with van der Waals surface area (Å²) in [6, 6.07) is 13.3. The van der Waals surface area contributed by atoms with Gasteiger partial charge in [-0.25, -0.2) is 4.39 Å². The van der Waals surface area contributed by atoms with Crippen LogP contribution in [0.4, 0.5) is 4.39 Å². The van der Waals surface area contributed by atoms with Gasteiger partial charge in [0.25, 0.3) is 0 Å². The van der Waals surface area contributed by atoms with Gasteiger partial charge in [0.15, 0.2) is 5.16 Å². The normalized spacial score (nSPS) is 12.0. The van der Waals surface area contributed by atoms with E-state index in [0.717, 1.165) is 11.3 Å². The molecular weight excluding hydrogens is 375 g/mol. The van der Waals surface area contributed by atoms with E-state index in [-0.39, 0.29) is 17.0 Å². The van der Waals surface area contributed by atoms with E-state index >= 15 is 0 Å². The monoisotopic (exact) mass is 390 g/mol. The average Bonchev–Trinajstić information content (AvgIpc) is 3.09. The van der Waals surface area contributed by atoms with Gasteiger partial charge < -0.3 is 5.32 Å². The highest BCUT2D eigenvalue weighted by molar-refractivity contribution is 8.00. The van der Waals surface area contributed by atoms with Crippen LogP contribution < -0.4 is 5.32 Å². The van der Waals surface area contributed by atoms with Gasteiger partial charge in [0, 0.05) is 11.6 Å². The van der Waals surface area contributed by atoms with Gasteiger partial charge in [-0.3, -0.25) is 9.36 Å². The molecule has 8 heteroatoms. The van der Waals surface area contributed by atoms with Crippen molar-refractivity contribution in [1.82, 2.24) is 20.1 Å². The fourth-order valence-corrected chi connectivity index (χ4v) is 3.31. The molecule has 3 aromatic rings. The highest BCUT2D eigenvalue weighted by Crippen LogP contribution is 2.25. The minimum atomic E-state index is -0.377. The highest BCUT2D eigenvalue weighted by atomic mass is 35.5. The van der Waals surface area contributed by atoms with Crippen LogP contribution in [0.2, 0.25) is 5.02 Å². The van der Waals surface area contributed by atoms with E-state index in [1.165, 1.54) is 23.9 Å². The standard InChI is InChI=1S/C18H16ClFN4OS/c1-12(17(25)21-10-13-5-7-15(20)8-6-13)26-18-23-22-11-24(18)16-4-2-3-14(19)9-16/h2-9,11-12H,10H2,1H3,(H,21,25). The Bertz CT molecular complexity index is 900. The van der Waals surface area contributed by atoms with E-state index in [1.807, 2.05) is 12.1 Å². The summed E-state index contributed by atoms with van der Waals surface area (Å²) in [7, 11) is 0. The summed E-state index contributed by atoms with van der Waals surface area (Å²) in [4.78, 5) is 12.3. The molecule has 5 nitrogen and oxygen atoms in total. The Morgan fingerprint density at radius 2 is 2.08 bits per heavy atom. The molecule has 3 rings (SSSR count). The quantitative estimate of drug-likeness (QED) is 0.649. The van der Waals surface area contributed by atoms with Crippen molar-refractivity contribution in [3.8, 4) is 5.69 Å². The van der Waals surface area contributed by atoms with E-state index in [2.05, 4.69) is 15.5 Å². The van der Waals surface area contributed by atoms with E-state index in [1.54, 1.807) is 42.1 Å². The number of benzene rings is 2. The molecule has 1 atom stereocenters. The van der Waals surface area contributed by atoms with Crippen LogP contribution in [0.1, 0.15) is 12.5 Å². The molecule has 1 amide bonds. The topological polar surface area (TPSA) is 59.8 Å². The van der Waals surface area contributed by atoms with E-state index in [4.69, 9.17) is 11.6 Å². The summed E-state index contributed by atoms with van der Waals surface area (Å²) >= 11 is 7.33. The van der Waals surface area contributed by atoms with Gasteiger partial charge in [-0.15, -0.1) is 10.2 Å². The summed E-state index contributed by atoms with van der Waals surface area (Å²) in [6.07, 6.45) is 1.58. The maximum absolute atomic E-state index is 12.9. The van der Waals surface area contributed by atoms with Gasteiger partial charge in [-0.1, -0.05) is 41.6 Å². The number of thioether (sulfide) groups is 1. The van der Waals surface area contributed by atoms with Crippen LogP contribution in [0.25, 0.3) is 5.69 Å². The van der Waals surface area contributed by atoms with Crippen molar-refractivity contribution in [2.45, 2.75) is 23.9 Å². The van der Waals surface area contributed by atoms with E-state index < -0.39 is 0 Å². The lowest BCUT2D eigenvalue weighted by atomic mass is 10.2. The van der Waals surface area contributed by atoms with Gasteiger partial charge in [0.1, 0.15) is 12.1 Å². The molecule has 0 saturated heterocycles. The Morgan fingerprint density at radius 3 is 2.81 bits per heavy atom. The number of rotatable bonds is 6. The number of amides is 1. The third-order valence-corrected chi connectivity index (χ3v) is 4.93. The third kappa shape index (κ3) is 4.62. The number of hydrogen-bond donors (Lipinski definition) is 1. The largest absolute Gasteiger partial charge is 0.351 e. The van der Waals surface area contributed by atoms with Crippen LogP contribution >= 0.6 is 23.4 Å². The predicted molar refractivity (Wildman–Crippen MR) is 99.9 cm³/mol. The summed E-state index contributed by atoms with van der Waals surface area (Å²) < 4.78 is 14.7. The highest BCUT2D eigenvalue weighted by Gasteiger charge is 2.18. The SMILES string of the molecule is CC(Sc1nncn1-c1cccc(Cl)c1)C(=O)NCc1ccc(F)cc1. The fourth-order valence-electron chi connectivity index (χ4n) is 2.25. The summed E-state index contributed by atoms with van der Waals surface area (Å²) in [5.74, 6) is -0.440. The molecule has 1 N–H and O–H groups in total. The lowest BCUT2D eigenvalue weighted by molar-refractivity contribution is -0.120. The number of halogens is 2. The first-order valence-corrected chi connectivity index (χ1v) is 9.13. The minimum Gasteiger partial charge on any atom is -0.351 e. The Hall–Kier alpha value is -2.38. The van der Waals surface area contributed by atoms with Crippen molar-refractivity contribution in [1.29, 1.82) is 0 Å². The van der Waals surface area contributed by atoms with E-state index in [9.17, 15) is 9.18 Å². The number of nitrogens with one attached hydrogen (secondary N) is 1. The average molecular weight is 391 g/mol. The molecule has 134 valence electrons. The van der Waals surface area contributed by atoms with Crippen molar-refractivity contribution >= 4 is 29.3 Å². The van der Waals surface area contributed by atoms with Gasteiger partial charge in [-0.2, -0.15) is 0 Å². The number of carbonyl (C=O) groups excluding carboxylic acids is 1. The Labute approximate surface area is 159 Å². The molecular formula is C18H16ClFN4OS. The second-order valence-electron chi connectivity index (χ2n) is 5.57. The Kier molecular flexibility index (Phi) is 5.90. The zero-order valence-electron chi connectivity index (χ0n) is 13.9. The first kappa shape index (κ1) is 18.4. The smallest absolute Gasteiger partial charge is 0.233 e. The van der Waals surface area contributed by atoms with Crippen molar-refractivity contribution in [2.24, 2.45) is 0 Å². The number of hydrogen-bond acceptors (Lipinski definition) is 4. The maximum atomic E-state index is 12.9. The van der Waals surface area contributed by atoms with Gasteiger partial charge >= 0.3 is 0 Å². The summed E-state index contributed by atoms with van der Waals surface area (Å²) in [5.41, 5.74) is 1.66. The van der Waals surface area contributed by atoms with Crippen LogP contribution in [0.5, 0.6) is 0 Å². The molecule has 0 spiro atoms. The zero-order chi connectivity index (χ0) is 18.5. The molecule has 1 heterocycles. The second-order valence-corrected chi connectivity index (χ2v) is 7.31. The number of carbonyl (C=O) groups is 1. The van der Waals surface area contributed by atoms with Gasteiger partial charge in [0.05, 0.1) is 10.9 Å². The van der Waals surface area contributed by atoms with Crippen LogP contribution in [0.3, 0.4) is 0 Å². The van der Waals surface area contributed by atoms with Crippen LogP contribution in [0.15, 0.2) is 60.0 Å². The second kappa shape index (κ2) is 8.33. The summed E-state index contributed by atoms with van der Waals surface area (Å²) in [6.45, 7) is 2.13. The van der Waals surface area contributed by atoms with Gasteiger partial charge in [-0.05, 0) is 42.8 Å². The summed E-state index contributed by atoms with van der Waals surface area (Å²) in [5, 5.41) is 11.7. The molecule has 0 aliphatic heterocycles. The van der Waals surface area contributed by atoms with Crippen molar-refractivity contribution in [2.75, 3.05) is 0 Å². The predicted octanol–water partition coefficient (Wildman–Crippen LogP) is 3.86. The first-order chi connectivity index (χ1) is 12.5. The molecule has 0 bridgehead atoms. The van der Waals surface area contributed by atoms with Crippen LogP contribution in [-0.4, -0.2) is 25.9 Å². The minimum absolute atomic E-state index is 0.139. The van der Waals surface area contributed by atoms with Crippen LogP contribution in [-0.2, 0) is 11.3 Å². The molecule has 0 aliphatic carbocycles. The molecule has 0 aliphatic rings. The van der Waals surface area contributed by atoms with Gasteiger partial charge in [0.2, 0.25) is 5.91 Å². The number of nitrogens with zero attached hydrogens (tertiary/aromatic N) is 3. The Balaban J connectivity index is 1.63. The van der Waals surface area contributed by atoms with Crippen LogP contribution in [0, 0.1) is 5.82 Å². The van der Waals surface area contributed by atoms with E-state index in [0.29, 0.717) is 16.7 Å². The fraction of sp³-hybridized carbons (Fsp3) is 0.167. The lowest BCUT2D eigenvalue weighted by Gasteiger charge is -2.12. The molecule has 1 unspecified atom stereocenters. The molecule has 0 radical (unpaired) electrons. The zero-order valence-corrected chi connectivity index (χ0v) is 15.5. The van der Waals surface area contributed by atoms with Crippen molar-refractivity contribution in [3.63, 3.8) is 0 Å². The first-order valence-electron chi connectivity index (χ1n) is 7.87. The van der Waals surface area contributed by atoms with Crippen molar-refractivity contribution < 1.29 is 9.18 Å². The molecule has 0 saturated carbocycles. The molecule has 26 heavy (non-hydrogen) atoms. The third-order valence-electron chi connectivity index (χ3n) is 3.63. The lowest BCUT2D eigenvalue weighted by Crippen LogP contribution is -2.30. The molecule has 1 aromatic heterocycles. The van der Waals surface area contributed by atoms with Crippen molar-refractivity contribution in [3.05, 3.63) is 71.3 Å². The molecule has 2 aromatic carbocycles. The number of aromatic nitrogens is 3. The molecule has 0 fully saturated rings. The Morgan fingerprint density at radius 1 is 1.31 bits per heavy atom.